The van der Waals surface area contributed by atoms with Crippen LogP contribution in [0.2, 0.25) is 0 Å². The van der Waals surface area contributed by atoms with Crippen molar-refractivity contribution in [1.82, 2.24) is 10.1 Å². The molecule has 0 saturated heterocycles. The summed E-state index contributed by atoms with van der Waals surface area (Å²) in [4.78, 5) is 4.42. The van der Waals surface area contributed by atoms with E-state index in [1.165, 1.54) is 11.1 Å². The Morgan fingerprint density at radius 1 is 1.30 bits per heavy atom. The highest BCUT2D eigenvalue weighted by Crippen LogP contribution is 2.11. The average Bonchev–Trinajstić information content (AvgIpc) is 2.75. The van der Waals surface area contributed by atoms with Gasteiger partial charge in [-0.2, -0.15) is 4.98 Å². The molecule has 0 aliphatic rings. The molecule has 2 N–H and O–H groups in total. The minimum absolute atomic E-state index is 0.0854. The second kappa shape index (κ2) is 6.66. The molecule has 0 bridgehead atoms. The molecular weight excluding hydrogens is 250 g/mol. The lowest BCUT2D eigenvalue weighted by atomic mass is 10.0. The molecule has 0 saturated carbocycles. The van der Waals surface area contributed by atoms with Gasteiger partial charge in [0.05, 0.1) is 0 Å². The zero-order valence-corrected chi connectivity index (χ0v) is 12.5. The van der Waals surface area contributed by atoms with E-state index < -0.39 is 0 Å². The van der Waals surface area contributed by atoms with E-state index >= 15 is 0 Å². The molecule has 0 radical (unpaired) electrons. The molecular formula is C16H23N3O. The third-order valence-corrected chi connectivity index (χ3v) is 3.17. The lowest BCUT2D eigenvalue weighted by Gasteiger charge is -2.10. The largest absolute Gasteiger partial charge is 0.339 e. The Bertz CT molecular complexity index is 548. The van der Waals surface area contributed by atoms with Gasteiger partial charge in [0.25, 0.3) is 0 Å². The van der Waals surface area contributed by atoms with E-state index in [0.717, 1.165) is 12.2 Å². The van der Waals surface area contributed by atoms with Crippen molar-refractivity contribution in [2.75, 3.05) is 0 Å². The van der Waals surface area contributed by atoms with Crippen LogP contribution in [0, 0.1) is 12.8 Å². The third kappa shape index (κ3) is 4.46. The molecule has 1 unspecified atom stereocenters. The van der Waals surface area contributed by atoms with Crippen LogP contribution in [0.1, 0.15) is 43.1 Å². The third-order valence-electron chi connectivity index (χ3n) is 3.17. The van der Waals surface area contributed by atoms with Crippen LogP contribution in [0.4, 0.5) is 0 Å². The first kappa shape index (κ1) is 14.7. The predicted octanol–water partition coefficient (Wildman–Crippen LogP) is 2.88. The first-order valence-corrected chi connectivity index (χ1v) is 7.15. The standard InChI is InChI=1S/C16H23N3O/c1-11(2)7-14(17)10-16-18-15(19-20-16)9-13-6-4-5-12(3)8-13/h4-6,8,11,14H,7,9-10,17H2,1-3H3. The van der Waals surface area contributed by atoms with Crippen molar-refractivity contribution in [3.63, 3.8) is 0 Å². The van der Waals surface area contributed by atoms with Gasteiger partial charge < -0.3 is 10.3 Å². The topological polar surface area (TPSA) is 64.9 Å². The molecule has 4 heteroatoms. The molecule has 1 heterocycles. The van der Waals surface area contributed by atoms with E-state index in [9.17, 15) is 0 Å². The van der Waals surface area contributed by atoms with Crippen molar-refractivity contribution in [1.29, 1.82) is 0 Å². The Balaban J connectivity index is 1.95. The van der Waals surface area contributed by atoms with Gasteiger partial charge in [-0.05, 0) is 24.8 Å². The van der Waals surface area contributed by atoms with E-state index in [0.29, 0.717) is 24.7 Å². The Kier molecular flexibility index (Phi) is 4.90. The molecule has 0 amide bonds. The van der Waals surface area contributed by atoms with Crippen LogP contribution >= 0.6 is 0 Å². The molecule has 0 aliphatic heterocycles. The molecule has 108 valence electrons. The number of nitrogens with two attached hydrogens (primary N) is 1. The number of rotatable bonds is 6. The Morgan fingerprint density at radius 2 is 2.10 bits per heavy atom. The van der Waals surface area contributed by atoms with E-state index in [1.807, 2.05) is 6.07 Å². The molecule has 4 nitrogen and oxygen atoms in total. The highest BCUT2D eigenvalue weighted by Gasteiger charge is 2.12. The smallest absolute Gasteiger partial charge is 0.228 e. The Labute approximate surface area is 120 Å². The van der Waals surface area contributed by atoms with Crippen LogP contribution < -0.4 is 5.73 Å². The molecule has 0 spiro atoms. The lowest BCUT2D eigenvalue weighted by Crippen LogP contribution is -2.24. The summed E-state index contributed by atoms with van der Waals surface area (Å²) in [5, 5.41) is 4.03. The number of aryl methyl sites for hydroxylation is 1. The Morgan fingerprint density at radius 3 is 2.80 bits per heavy atom. The fraction of sp³-hybridized carbons (Fsp3) is 0.500. The maximum atomic E-state index is 6.06. The van der Waals surface area contributed by atoms with Crippen LogP contribution in [0.25, 0.3) is 0 Å². The number of nitrogens with zero attached hydrogens (tertiary/aromatic N) is 2. The van der Waals surface area contributed by atoms with Gasteiger partial charge in [0.2, 0.25) is 5.89 Å². The minimum atomic E-state index is 0.0854. The fourth-order valence-corrected chi connectivity index (χ4v) is 2.36. The molecule has 2 aromatic rings. The van der Waals surface area contributed by atoms with Crippen LogP contribution in [0.15, 0.2) is 28.8 Å². The molecule has 0 aliphatic carbocycles. The van der Waals surface area contributed by atoms with Gasteiger partial charge in [-0.25, -0.2) is 0 Å². The Hall–Kier alpha value is -1.68. The predicted molar refractivity (Wildman–Crippen MR) is 79.4 cm³/mol. The van der Waals surface area contributed by atoms with Gasteiger partial charge in [-0.1, -0.05) is 48.8 Å². The first-order valence-electron chi connectivity index (χ1n) is 7.15. The van der Waals surface area contributed by atoms with Gasteiger partial charge in [-0.3, -0.25) is 0 Å². The van der Waals surface area contributed by atoms with Crippen molar-refractivity contribution in [3.8, 4) is 0 Å². The number of hydrogen-bond acceptors (Lipinski definition) is 4. The summed E-state index contributed by atoms with van der Waals surface area (Å²) < 4.78 is 5.28. The normalized spacial score (nSPS) is 12.8. The van der Waals surface area contributed by atoms with Gasteiger partial charge in [0, 0.05) is 18.9 Å². The summed E-state index contributed by atoms with van der Waals surface area (Å²) in [6, 6.07) is 8.43. The summed E-state index contributed by atoms with van der Waals surface area (Å²) in [7, 11) is 0. The first-order chi connectivity index (χ1) is 9.52. The molecule has 1 aromatic carbocycles. The van der Waals surface area contributed by atoms with E-state index in [4.69, 9.17) is 10.3 Å². The molecule has 20 heavy (non-hydrogen) atoms. The maximum absolute atomic E-state index is 6.06. The molecule has 1 aromatic heterocycles. The van der Waals surface area contributed by atoms with E-state index in [2.05, 4.69) is 49.1 Å². The number of aromatic nitrogens is 2. The summed E-state index contributed by atoms with van der Waals surface area (Å²) in [6.07, 6.45) is 2.32. The summed E-state index contributed by atoms with van der Waals surface area (Å²) >= 11 is 0. The quantitative estimate of drug-likeness (QED) is 0.879. The van der Waals surface area contributed by atoms with Crippen molar-refractivity contribution in [3.05, 3.63) is 47.1 Å². The summed E-state index contributed by atoms with van der Waals surface area (Å²) in [5.41, 5.74) is 8.50. The second-order valence-corrected chi connectivity index (χ2v) is 5.86. The van der Waals surface area contributed by atoms with Gasteiger partial charge in [0.1, 0.15) is 0 Å². The van der Waals surface area contributed by atoms with Crippen molar-refractivity contribution in [2.45, 2.75) is 46.1 Å². The SMILES string of the molecule is Cc1cccc(Cc2noc(CC(N)CC(C)C)n2)c1. The monoisotopic (exact) mass is 273 g/mol. The highest BCUT2D eigenvalue weighted by molar-refractivity contribution is 5.24. The maximum Gasteiger partial charge on any atom is 0.228 e. The number of benzene rings is 1. The van der Waals surface area contributed by atoms with Crippen LogP contribution in [-0.2, 0) is 12.8 Å². The van der Waals surface area contributed by atoms with E-state index in [-0.39, 0.29) is 6.04 Å². The summed E-state index contributed by atoms with van der Waals surface area (Å²) in [6.45, 7) is 6.41. The molecule has 2 rings (SSSR count). The van der Waals surface area contributed by atoms with Crippen LogP contribution in [0.5, 0.6) is 0 Å². The summed E-state index contributed by atoms with van der Waals surface area (Å²) in [5.74, 6) is 1.95. The number of hydrogen-bond donors (Lipinski definition) is 1. The van der Waals surface area contributed by atoms with Crippen LogP contribution in [0.3, 0.4) is 0 Å². The zero-order chi connectivity index (χ0) is 14.5. The second-order valence-electron chi connectivity index (χ2n) is 5.86. The van der Waals surface area contributed by atoms with Crippen molar-refractivity contribution >= 4 is 0 Å². The zero-order valence-electron chi connectivity index (χ0n) is 12.5. The highest BCUT2D eigenvalue weighted by atomic mass is 16.5. The molecule has 0 fully saturated rings. The minimum Gasteiger partial charge on any atom is -0.339 e. The van der Waals surface area contributed by atoms with Gasteiger partial charge in [0.15, 0.2) is 5.82 Å². The van der Waals surface area contributed by atoms with Gasteiger partial charge >= 0.3 is 0 Å². The van der Waals surface area contributed by atoms with Crippen molar-refractivity contribution in [2.24, 2.45) is 11.7 Å². The fourth-order valence-electron chi connectivity index (χ4n) is 2.36. The van der Waals surface area contributed by atoms with Crippen LogP contribution in [-0.4, -0.2) is 16.2 Å². The van der Waals surface area contributed by atoms with Crippen molar-refractivity contribution < 1.29 is 4.52 Å². The molecule has 1 atom stereocenters. The average molecular weight is 273 g/mol. The van der Waals surface area contributed by atoms with E-state index in [1.54, 1.807) is 0 Å². The lowest BCUT2D eigenvalue weighted by molar-refractivity contribution is 0.355. The van der Waals surface area contributed by atoms with Gasteiger partial charge in [-0.15, -0.1) is 0 Å².